The third kappa shape index (κ3) is 2.41. The van der Waals surface area contributed by atoms with Crippen molar-refractivity contribution < 1.29 is 13.5 Å². The van der Waals surface area contributed by atoms with Gasteiger partial charge in [-0.1, -0.05) is 13.0 Å². The zero-order chi connectivity index (χ0) is 12.4. The highest BCUT2D eigenvalue weighted by Crippen LogP contribution is 2.29. The molecule has 0 fully saturated rings. The van der Waals surface area contributed by atoms with Gasteiger partial charge in [0.2, 0.25) is 0 Å². The Labute approximate surface area is 107 Å². The molecule has 2 aromatic carbocycles. The summed E-state index contributed by atoms with van der Waals surface area (Å²) >= 11 is 2.98. The van der Waals surface area contributed by atoms with Crippen LogP contribution in [0, 0.1) is 11.6 Å². The molecule has 0 aromatic heterocycles. The van der Waals surface area contributed by atoms with Crippen LogP contribution < -0.4 is 4.74 Å². The molecule has 0 unspecified atom stereocenters. The molecule has 2 aromatic rings. The molecule has 0 aliphatic heterocycles. The zero-order valence-electron chi connectivity index (χ0n) is 9.27. The minimum Gasteiger partial charge on any atom is -0.494 e. The van der Waals surface area contributed by atoms with Gasteiger partial charge < -0.3 is 4.74 Å². The van der Waals surface area contributed by atoms with Crippen LogP contribution in [0.5, 0.6) is 5.75 Å². The van der Waals surface area contributed by atoms with Crippen LogP contribution >= 0.6 is 15.9 Å². The summed E-state index contributed by atoms with van der Waals surface area (Å²) in [5.74, 6) is -1.17. The van der Waals surface area contributed by atoms with E-state index in [4.69, 9.17) is 4.74 Å². The second kappa shape index (κ2) is 5.00. The van der Waals surface area contributed by atoms with Gasteiger partial charge in [0.25, 0.3) is 0 Å². The summed E-state index contributed by atoms with van der Waals surface area (Å²) in [5, 5.41) is 0.874. The minimum atomic E-state index is -0.870. The summed E-state index contributed by atoms with van der Waals surface area (Å²) in [7, 11) is 0. The molecule has 0 saturated carbocycles. The molecule has 0 spiro atoms. The Hall–Kier alpha value is -1.16. The summed E-state index contributed by atoms with van der Waals surface area (Å²) in [6.07, 6.45) is 0.870. The first-order chi connectivity index (χ1) is 8.13. The first-order valence-electron chi connectivity index (χ1n) is 5.33. The number of benzene rings is 2. The number of ether oxygens (including phenoxy) is 1. The average molecular weight is 301 g/mol. The van der Waals surface area contributed by atoms with Crippen LogP contribution in [-0.4, -0.2) is 6.61 Å². The zero-order valence-corrected chi connectivity index (χ0v) is 10.9. The first kappa shape index (κ1) is 12.3. The first-order valence-corrected chi connectivity index (χ1v) is 6.13. The summed E-state index contributed by atoms with van der Waals surface area (Å²) in [6.45, 7) is 2.55. The molecule has 0 bridgehead atoms. The molecule has 0 radical (unpaired) electrons. The fraction of sp³-hybridized carbons (Fsp3) is 0.231. The van der Waals surface area contributed by atoms with E-state index in [-0.39, 0.29) is 9.86 Å². The van der Waals surface area contributed by atoms with Crippen molar-refractivity contribution in [3.8, 4) is 5.75 Å². The van der Waals surface area contributed by atoms with Crippen molar-refractivity contribution in [2.24, 2.45) is 0 Å². The fourth-order valence-corrected chi connectivity index (χ4v) is 2.00. The molecule has 0 aliphatic rings. The van der Waals surface area contributed by atoms with E-state index in [1.807, 2.05) is 6.92 Å². The lowest BCUT2D eigenvalue weighted by Gasteiger charge is -2.07. The molecule has 1 nitrogen and oxygen atoms in total. The molecule has 0 amide bonds. The van der Waals surface area contributed by atoms with Crippen LogP contribution in [0.4, 0.5) is 8.78 Å². The fourth-order valence-electron chi connectivity index (χ4n) is 1.58. The predicted octanol–water partition coefficient (Wildman–Crippen LogP) is 4.67. The van der Waals surface area contributed by atoms with E-state index in [1.165, 1.54) is 6.07 Å². The van der Waals surface area contributed by atoms with Gasteiger partial charge in [-0.2, -0.15) is 0 Å². The van der Waals surface area contributed by atoms with Gasteiger partial charge in [-0.15, -0.1) is 0 Å². The number of halogens is 3. The van der Waals surface area contributed by atoms with Crippen molar-refractivity contribution >= 4 is 26.7 Å². The summed E-state index contributed by atoms with van der Waals surface area (Å²) in [6, 6.07) is 6.54. The van der Waals surface area contributed by atoms with Gasteiger partial charge in [-0.05, 0) is 45.9 Å². The third-order valence-corrected chi connectivity index (χ3v) is 3.00. The minimum absolute atomic E-state index is 0.129. The van der Waals surface area contributed by atoms with Crippen LogP contribution in [0.25, 0.3) is 10.8 Å². The van der Waals surface area contributed by atoms with Gasteiger partial charge in [-0.3, -0.25) is 0 Å². The second-order valence-corrected chi connectivity index (χ2v) is 4.57. The van der Waals surface area contributed by atoms with Crippen molar-refractivity contribution in [3.05, 3.63) is 40.4 Å². The van der Waals surface area contributed by atoms with Crippen molar-refractivity contribution in [2.75, 3.05) is 6.61 Å². The monoisotopic (exact) mass is 300 g/mol. The van der Waals surface area contributed by atoms with Crippen molar-refractivity contribution in [1.82, 2.24) is 0 Å². The molecule has 0 atom stereocenters. The molecule has 0 heterocycles. The quantitative estimate of drug-likeness (QED) is 0.749. The highest BCUT2D eigenvalue weighted by Gasteiger charge is 2.12. The highest BCUT2D eigenvalue weighted by atomic mass is 79.9. The predicted molar refractivity (Wildman–Crippen MR) is 67.4 cm³/mol. The smallest absolute Gasteiger partial charge is 0.173 e. The molecule has 2 rings (SSSR count). The van der Waals surface area contributed by atoms with Crippen LogP contribution in [0.1, 0.15) is 13.3 Å². The summed E-state index contributed by atoms with van der Waals surface area (Å²) < 4.78 is 32.6. The Balaban J connectivity index is 2.53. The van der Waals surface area contributed by atoms with E-state index < -0.39 is 11.6 Å². The molecule has 90 valence electrons. The van der Waals surface area contributed by atoms with E-state index in [1.54, 1.807) is 18.2 Å². The molecule has 17 heavy (non-hydrogen) atoms. The maximum absolute atomic E-state index is 13.7. The van der Waals surface area contributed by atoms with Crippen molar-refractivity contribution in [3.63, 3.8) is 0 Å². The topological polar surface area (TPSA) is 9.23 Å². The van der Waals surface area contributed by atoms with Crippen LogP contribution in [0.3, 0.4) is 0 Å². The molecular weight excluding hydrogens is 290 g/mol. The molecule has 4 heteroatoms. The molecular formula is C13H11BrF2O. The molecule has 0 aliphatic carbocycles. The maximum atomic E-state index is 13.7. The lowest BCUT2D eigenvalue weighted by Crippen LogP contribution is -1.95. The van der Waals surface area contributed by atoms with E-state index in [0.29, 0.717) is 17.7 Å². The van der Waals surface area contributed by atoms with Crippen LogP contribution in [0.2, 0.25) is 0 Å². The Bertz CT molecular complexity index is 555. The van der Waals surface area contributed by atoms with Gasteiger partial charge in [0.1, 0.15) is 5.75 Å². The van der Waals surface area contributed by atoms with Gasteiger partial charge >= 0.3 is 0 Å². The SMILES string of the molecule is CCCOc1ccc2cc(Br)c(F)c(F)c2c1. The van der Waals surface area contributed by atoms with E-state index in [9.17, 15) is 8.78 Å². The van der Waals surface area contributed by atoms with Gasteiger partial charge in [-0.25, -0.2) is 8.78 Å². The number of hydrogen-bond donors (Lipinski definition) is 0. The Morgan fingerprint density at radius 2 is 1.94 bits per heavy atom. The second-order valence-electron chi connectivity index (χ2n) is 3.72. The molecule has 0 saturated heterocycles. The van der Waals surface area contributed by atoms with Gasteiger partial charge in [0.05, 0.1) is 11.1 Å². The Morgan fingerprint density at radius 3 is 2.65 bits per heavy atom. The summed E-state index contributed by atoms with van der Waals surface area (Å²) in [4.78, 5) is 0. The van der Waals surface area contributed by atoms with E-state index in [0.717, 1.165) is 6.42 Å². The van der Waals surface area contributed by atoms with E-state index in [2.05, 4.69) is 15.9 Å². The lowest BCUT2D eigenvalue weighted by atomic mass is 10.1. The van der Waals surface area contributed by atoms with Crippen LogP contribution in [-0.2, 0) is 0 Å². The number of rotatable bonds is 3. The standard InChI is InChI=1S/C13H11BrF2O/c1-2-5-17-9-4-3-8-6-11(14)13(16)12(15)10(8)7-9/h3-4,6-7H,2,5H2,1H3. The average Bonchev–Trinajstić information content (AvgIpc) is 2.34. The largest absolute Gasteiger partial charge is 0.494 e. The third-order valence-electron chi connectivity index (χ3n) is 2.42. The number of hydrogen-bond acceptors (Lipinski definition) is 1. The number of fused-ring (bicyclic) bond motifs is 1. The maximum Gasteiger partial charge on any atom is 0.173 e. The highest BCUT2D eigenvalue weighted by molar-refractivity contribution is 9.10. The van der Waals surface area contributed by atoms with Crippen LogP contribution in [0.15, 0.2) is 28.7 Å². The summed E-state index contributed by atoms with van der Waals surface area (Å²) in [5.41, 5.74) is 0. The van der Waals surface area contributed by atoms with Crippen molar-refractivity contribution in [2.45, 2.75) is 13.3 Å². The lowest BCUT2D eigenvalue weighted by molar-refractivity contribution is 0.318. The van der Waals surface area contributed by atoms with Gasteiger partial charge in [0, 0.05) is 5.39 Å². The van der Waals surface area contributed by atoms with E-state index >= 15 is 0 Å². The normalized spacial score (nSPS) is 10.8. The van der Waals surface area contributed by atoms with Crippen molar-refractivity contribution in [1.29, 1.82) is 0 Å². The molecule has 0 N–H and O–H groups in total. The Kier molecular flexibility index (Phi) is 3.62. The van der Waals surface area contributed by atoms with Gasteiger partial charge in [0.15, 0.2) is 11.6 Å². The Morgan fingerprint density at radius 1 is 1.18 bits per heavy atom.